The summed E-state index contributed by atoms with van der Waals surface area (Å²) in [5.74, 6) is 0. The van der Waals surface area contributed by atoms with Crippen molar-refractivity contribution in [3.8, 4) is 11.4 Å². The summed E-state index contributed by atoms with van der Waals surface area (Å²) < 4.78 is 6.55. The van der Waals surface area contributed by atoms with Crippen molar-refractivity contribution in [2.24, 2.45) is 0 Å². The molecule has 0 saturated heterocycles. The fraction of sp³-hybridized carbons (Fsp3) is 0.273. The van der Waals surface area contributed by atoms with E-state index in [1.165, 1.54) is 0 Å². The number of ether oxygens (including phenoxy) is 1. The van der Waals surface area contributed by atoms with Crippen LogP contribution in [0, 0.1) is 0 Å². The standard InChI is InChI=1S/C11H12N4O2/c1-17-5-4-15-9(8-16)6-10(14-15)11-7-12-2-3-13-11/h2-3,6-8H,4-5H2,1H3. The zero-order valence-electron chi connectivity index (χ0n) is 9.41. The molecule has 0 aliphatic carbocycles. The second-order valence-corrected chi connectivity index (χ2v) is 3.38. The van der Waals surface area contributed by atoms with E-state index < -0.39 is 0 Å². The van der Waals surface area contributed by atoms with Crippen LogP contribution in [0.25, 0.3) is 11.4 Å². The summed E-state index contributed by atoms with van der Waals surface area (Å²) in [6.45, 7) is 1.03. The first-order chi connectivity index (χ1) is 8.35. The molecule has 0 saturated carbocycles. The van der Waals surface area contributed by atoms with Gasteiger partial charge in [0, 0.05) is 19.5 Å². The van der Waals surface area contributed by atoms with Gasteiger partial charge in [-0.2, -0.15) is 5.10 Å². The van der Waals surface area contributed by atoms with Crippen molar-refractivity contribution in [2.75, 3.05) is 13.7 Å². The van der Waals surface area contributed by atoms with Gasteiger partial charge in [-0.05, 0) is 6.07 Å². The fourth-order valence-electron chi connectivity index (χ4n) is 1.44. The molecular weight excluding hydrogens is 220 g/mol. The minimum Gasteiger partial charge on any atom is -0.383 e. The molecule has 0 bridgehead atoms. The third-order valence-corrected chi connectivity index (χ3v) is 2.26. The molecule has 0 spiro atoms. The van der Waals surface area contributed by atoms with Crippen LogP contribution < -0.4 is 0 Å². The molecule has 2 rings (SSSR count). The monoisotopic (exact) mass is 232 g/mol. The molecule has 0 fully saturated rings. The normalized spacial score (nSPS) is 10.4. The Balaban J connectivity index is 2.31. The van der Waals surface area contributed by atoms with Gasteiger partial charge in [0.1, 0.15) is 17.1 Å². The van der Waals surface area contributed by atoms with E-state index in [1.54, 1.807) is 36.4 Å². The second-order valence-electron chi connectivity index (χ2n) is 3.38. The first-order valence-corrected chi connectivity index (χ1v) is 5.13. The summed E-state index contributed by atoms with van der Waals surface area (Å²) in [5.41, 5.74) is 1.78. The van der Waals surface area contributed by atoms with Gasteiger partial charge in [0.2, 0.25) is 0 Å². The van der Waals surface area contributed by atoms with Crippen molar-refractivity contribution in [3.63, 3.8) is 0 Å². The highest BCUT2D eigenvalue weighted by molar-refractivity contribution is 5.75. The predicted molar refractivity (Wildman–Crippen MR) is 60.5 cm³/mol. The Kier molecular flexibility index (Phi) is 3.56. The average molecular weight is 232 g/mol. The number of aldehydes is 1. The lowest BCUT2D eigenvalue weighted by molar-refractivity contribution is 0.111. The molecule has 17 heavy (non-hydrogen) atoms. The first kappa shape index (κ1) is 11.4. The molecule has 0 aliphatic heterocycles. The lowest BCUT2D eigenvalue weighted by Crippen LogP contribution is -2.08. The lowest BCUT2D eigenvalue weighted by atomic mass is 10.3. The summed E-state index contributed by atoms with van der Waals surface area (Å²) in [7, 11) is 1.60. The molecule has 0 atom stereocenters. The van der Waals surface area contributed by atoms with E-state index in [0.717, 1.165) is 6.29 Å². The number of aromatic nitrogens is 4. The van der Waals surface area contributed by atoms with E-state index >= 15 is 0 Å². The van der Waals surface area contributed by atoms with Gasteiger partial charge in [-0.25, -0.2) is 0 Å². The Bertz CT molecular complexity index is 495. The number of carbonyl (C=O) groups is 1. The molecule has 6 nitrogen and oxygen atoms in total. The zero-order chi connectivity index (χ0) is 12.1. The maximum absolute atomic E-state index is 10.9. The predicted octanol–water partition coefficient (Wildman–Crippen LogP) is 0.799. The molecular formula is C11H12N4O2. The Morgan fingerprint density at radius 3 is 2.94 bits per heavy atom. The molecule has 0 N–H and O–H groups in total. The van der Waals surface area contributed by atoms with Gasteiger partial charge >= 0.3 is 0 Å². The van der Waals surface area contributed by atoms with Crippen molar-refractivity contribution in [2.45, 2.75) is 6.54 Å². The maximum atomic E-state index is 10.9. The van der Waals surface area contributed by atoms with Crippen LogP contribution in [0.1, 0.15) is 10.5 Å². The molecule has 0 radical (unpaired) electrons. The van der Waals surface area contributed by atoms with E-state index in [0.29, 0.717) is 30.2 Å². The Morgan fingerprint density at radius 1 is 1.41 bits per heavy atom. The SMILES string of the molecule is COCCn1nc(-c2cnccn2)cc1C=O. The van der Waals surface area contributed by atoms with Crippen LogP contribution in [0.2, 0.25) is 0 Å². The summed E-state index contributed by atoms with van der Waals surface area (Å²) in [4.78, 5) is 19.0. The summed E-state index contributed by atoms with van der Waals surface area (Å²) in [5, 5.41) is 4.29. The third kappa shape index (κ3) is 2.54. The van der Waals surface area contributed by atoms with Gasteiger partial charge in [-0.15, -0.1) is 0 Å². The molecule has 88 valence electrons. The quantitative estimate of drug-likeness (QED) is 0.713. The minimum atomic E-state index is 0.502. The molecule has 0 amide bonds. The number of hydrogen-bond donors (Lipinski definition) is 0. The van der Waals surface area contributed by atoms with Crippen molar-refractivity contribution in [3.05, 3.63) is 30.4 Å². The third-order valence-electron chi connectivity index (χ3n) is 2.26. The van der Waals surface area contributed by atoms with Crippen LogP contribution in [0.4, 0.5) is 0 Å². The van der Waals surface area contributed by atoms with E-state index in [-0.39, 0.29) is 0 Å². The van der Waals surface area contributed by atoms with Crippen LogP contribution in [0.3, 0.4) is 0 Å². The lowest BCUT2D eigenvalue weighted by Gasteiger charge is -2.01. The van der Waals surface area contributed by atoms with Gasteiger partial charge in [0.25, 0.3) is 0 Å². The van der Waals surface area contributed by atoms with Crippen molar-refractivity contribution in [1.29, 1.82) is 0 Å². The Morgan fingerprint density at radius 2 is 2.29 bits per heavy atom. The number of rotatable bonds is 5. The van der Waals surface area contributed by atoms with E-state index in [1.807, 2.05) is 0 Å². The van der Waals surface area contributed by atoms with Crippen molar-refractivity contribution < 1.29 is 9.53 Å². The average Bonchev–Trinajstić information content (AvgIpc) is 2.80. The van der Waals surface area contributed by atoms with E-state index in [2.05, 4.69) is 15.1 Å². The van der Waals surface area contributed by atoms with Crippen LogP contribution >= 0.6 is 0 Å². The van der Waals surface area contributed by atoms with Gasteiger partial charge in [0.15, 0.2) is 6.29 Å². The van der Waals surface area contributed by atoms with Gasteiger partial charge in [0.05, 0.1) is 19.3 Å². The molecule has 0 aromatic carbocycles. The molecule has 2 aromatic rings. The van der Waals surface area contributed by atoms with Gasteiger partial charge < -0.3 is 4.74 Å². The van der Waals surface area contributed by atoms with E-state index in [9.17, 15) is 4.79 Å². The molecule has 0 unspecified atom stereocenters. The minimum absolute atomic E-state index is 0.502. The number of nitrogens with zero attached hydrogens (tertiary/aromatic N) is 4. The van der Waals surface area contributed by atoms with Crippen LogP contribution in [-0.2, 0) is 11.3 Å². The number of methoxy groups -OCH3 is 1. The Hall–Kier alpha value is -2.08. The van der Waals surface area contributed by atoms with Gasteiger partial charge in [-0.3, -0.25) is 19.4 Å². The van der Waals surface area contributed by atoms with Crippen LogP contribution in [-0.4, -0.2) is 39.8 Å². The summed E-state index contributed by atoms with van der Waals surface area (Å²) >= 11 is 0. The van der Waals surface area contributed by atoms with Crippen LogP contribution in [0.5, 0.6) is 0 Å². The molecule has 0 aliphatic rings. The zero-order valence-corrected chi connectivity index (χ0v) is 9.41. The smallest absolute Gasteiger partial charge is 0.168 e. The second kappa shape index (κ2) is 5.31. The largest absolute Gasteiger partial charge is 0.383 e. The molecule has 2 aromatic heterocycles. The first-order valence-electron chi connectivity index (χ1n) is 5.13. The highest BCUT2D eigenvalue weighted by Crippen LogP contribution is 2.14. The summed E-state index contributed by atoms with van der Waals surface area (Å²) in [6, 6.07) is 1.69. The van der Waals surface area contributed by atoms with Crippen LogP contribution in [0.15, 0.2) is 24.7 Å². The maximum Gasteiger partial charge on any atom is 0.168 e. The topological polar surface area (TPSA) is 69.9 Å². The van der Waals surface area contributed by atoms with Crippen molar-refractivity contribution in [1.82, 2.24) is 19.7 Å². The summed E-state index contributed by atoms with van der Waals surface area (Å²) in [6.07, 6.45) is 5.55. The highest BCUT2D eigenvalue weighted by Gasteiger charge is 2.09. The van der Waals surface area contributed by atoms with E-state index in [4.69, 9.17) is 4.74 Å². The number of hydrogen-bond acceptors (Lipinski definition) is 5. The number of carbonyl (C=O) groups excluding carboxylic acids is 1. The van der Waals surface area contributed by atoms with Gasteiger partial charge in [-0.1, -0.05) is 0 Å². The molecule has 2 heterocycles. The Labute approximate surface area is 98.3 Å². The highest BCUT2D eigenvalue weighted by atomic mass is 16.5. The fourth-order valence-corrected chi connectivity index (χ4v) is 1.44. The molecule has 6 heteroatoms. The van der Waals surface area contributed by atoms with Crippen molar-refractivity contribution >= 4 is 6.29 Å².